The zero-order chi connectivity index (χ0) is 15.2. The minimum Gasteiger partial charge on any atom is -0.381 e. The number of pyridine rings is 1. The molecule has 22 heavy (non-hydrogen) atoms. The van der Waals surface area contributed by atoms with Crippen LogP contribution in [0.5, 0.6) is 0 Å². The number of ether oxygens (including phenoxy) is 2. The van der Waals surface area contributed by atoms with Crippen LogP contribution < -0.4 is 5.32 Å². The average Bonchev–Trinajstić information content (AvgIpc) is 3.09. The summed E-state index contributed by atoms with van der Waals surface area (Å²) in [6, 6.07) is 7.86. The van der Waals surface area contributed by atoms with Crippen molar-refractivity contribution in [1.82, 2.24) is 15.0 Å². The summed E-state index contributed by atoms with van der Waals surface area (Å²) in [5.74, 6) is 1.83. The Morgan fingerprint density at radius 1 is 1.36 bits per heavy atom. The van der Waals surface area contributed by atoms with Gasteiger partial charge in [0.05, 0.1) is 24.5 Å². The highest BCUT2D eigenvalue weighted by atomic mass is 16.5. The van der Waals surface area contributed by atoms with E-state index < -0.39 is 0 Å². The molecule has 1 saturated heterocycles. The lowest BCUT2D eigenvalue weighted by atomic mass is 10.0. The van der Waals surface area contributed by atoms with Gasteiger partial charge in [0.25, 0.3) is 0 Å². The van der Waals surface area contributed by atoms with Crippen LogP contribution >= 0.6 is 0 Å². The molecular weight excluding hydrogens is 280 g/mol. The first-order chi connectivity index (χ1) is 10.8. The van der Waals surface area contributed by atoms with Crippen LogP contribution in [-0.2, 0) is 22.6 Å². The van der Waals surface area contributed by atoms with E-state index in [4.69, 9.17) is 9.47 Å². The molecule has 0 amide bonds. The number of nitrogens with one attached hydrogen (secondary N) is 1. The Hall–Kier alpha value is -2.05. The van der Waals surface area contributed by atoms with Crippen LogP contribution in [0.15, 0.2) is 30.5 Å². The van der Waals surface area contributed by atoms with Crippen molar-refractivity contribution in [3.8, 4) is 0 Å². The van der Waals surface area contributed by atoms with Gasteiger partial charge < -0.3 is 14.8 Å². The molecular formula is C16H20N4O2. The smallest absolute Gasteiger partial charge is 0.156 e. The monoisotopic (exact) mass is 300 g/mol. The third-order valence-electron chi connectivity index (χ3n) is 3.59. The summed E-state index contributed by atoms with van der Waals surface area (Å²) >= 11 is 0. The molecule has 1 aliphatic heterocycles. The van der Waals surface area contributed by atoms with Crippen LogP contribution in [0.3, 0.4) is 0 Å². The Morgan fingerprint density at radius 2 is 2.32 bits per heavy atom. The zero-order valence-electron chi connectivity index (χ0n) is 12.7. The Balaban J connectivity index is 1.76. The number of nitrogens with zero attached hydrogens (tertiary/aromatic N) is 3. The van der Waals surface area contributed by atoms with Crippen LogP contribution in [-0.4, -0.2) is 35.3 Å². The van der Waals surface area contributed by atoms with Crippen molar-refractivity contribution < 1.29 is 9.47 Å². The number of hydrogen-bond donors (Lipinski definition) is 1. The van der Waals surface area contributed by atoms with E-state index in [0.717, 1.165) is 36.8 Å². The van der Waals surface area contributed by atoms with Gasteiger partial charge in [0, 0.05) is 31.9 Å². The molecule has 0 radical (unpaired) electrons. The summed E-state index contributed by atoms with van der Waals surface area (Å²) in [5.41, 5.74) is 1.99. The van der Waals surface area contributed by atoms with Crippen LogP contribution in [0.4, 0.5) is 5.82 Å². The minimum atomic E-state index is 0.342. The molecule has 6 heteroatoms. The first-order valence-corrected chi connectivity index (χ1v) is 7.43. The third-order valence-corrected chi connectivity index (χ3v) is 3.59. The summed E-state index contributed by atoms with van der Waals surface area (Å²) in [5, 5.41) is 3.31. The van der Waals surface area contributed by atoms with Gasteiger partial charge in [-0.05, 0) is 18.6 Å². The van der Waals surface area contributed by atoms with Gasteiger partial charge in [0.15, 0.2) is 5.82 Å². The minimum absolute atomic E-state index is 0.342. The highest BCUT2D eigenvalue weighted by molar-refractivity contribution is 5.38. The van der Waals surface area contributed by atoms with Crippen LogP contribution in [0, 0.1) is 0 Å². The van der Waals surface area contributed by atoms with Gasteiger partial charge in [-0.2, -0.15) is 0 Å². The molecule has 0 spiro atoms. The number of hydrogen-bond acceptors (Lipinski definition) is 6. The van der Waals surface area contributed by atoms with Crippen molar-refractivity contribution in [2.45, 2.75) is 25.5 Å². The van der Waals surface area contributed by atoms with Crippen LogP contribution in [0.25, 0.3) is 0 Å². The molecule has 3 heterocycles. The Kier molecular flexibility index (Phi) is 4.92. The highest BCUT2D eigenvalue weighted by Crippen LogP contribution is 2.25. The van der Waals surface area contributed by atoms with E-state index in [1.165, 1.54) is 0 Å². The van der Waals surface area contributed by atoms with Gasteiger partial charge in [-0.25, -0.2) is 9.97 Å². The maximum absolute atomic E-state index is 5.46. The lowest BCUT2D eigenvalue weighted by Gasteiger charge is -2.12. The van der Waals surface area contributed by atoms with E-state index in [-0.39, 0.29) is 0 Å². The molecule has 2 aromatic rings. The predicted molar refractivity (Wildman–Crippen MR) is 82.5 cm³/mol. The van der Waals surface area contributed by atoms with E-state index in [1.807, 2.05) is 24.3 Å². The number of methoxy groups -OCH3 is 1. The van der Waals surface area contributed by atoms with E-state index in [0.29, 0.717) is 24.9 Å². The van der Waals surface area contributed by atoms with E-state index in [2.05, 4.69) is 20.3 Å². The molecule has 1 fully saturated rings. The maximum Gasteiger partial charge on any atom is 0.156 e. The van der Waals surface area contributed by atoms with Crippen molar-refractivity contribution in [1.29, 1.82) is 0 Å². The number of rotatable bonds is 6. The third kappa shape index (κ3) is 3.78. The van der Waals surface area contributed by atoms with Gasteiger partial charge in [0.2, 0.25) is 0 Å². The SMILES string of the molecule is COCc1nc(NCc2ccccn2)cc([C@@H]2CCOC2)n1. The second-order valence-electron chi connectivity index (χ2n) is 5.26. The Morgan fingerprint density at radius 3 is 3.05 bits per heavy atom. The lowest BCUT2D eigenvalue weighted by molar-refractivity contribution is 0.177. The van der Waals surface area contributed by atoms with E-state index in [9.17, 15) is 0 Å². The molecule has 0 saturated carbocycles. The molecule has 0 bridgehead atoms. The Labute approximate surface area is 129 Å². The number of aromatic nitrogens is 3. The second-order valence-corrected chi connectivity index (χ2v) is 5.26. The molecule has 3 rings (SSSR count). The largest absolute Gasteiger partial charge is 0.381 e. The summed E-state index contributed by atoms with van der Waals surface area (Å²) in [7, 11) is 1.65. The predicted octanol–water partition coefficient (Wildman–Crippen LogP) is 2.13. The molecule has 0 unspecified atom stereocenters. The first-order valence-electron chi connectivity index (χ1n) is 7.43. The number of anilines is 1. The van der Waals surface area contributed by atoms with Crippen molar-refractivity contribution in [2.24, 2.45) is 0 Å². The molecule has 0 aliphatic carbocycles. The highest BCUT2D eigenvalue weighted by Gasteiger charge is 2.20. The molecule has 0 aromatic carbocycles. The normalized spacial score (nSPS) is 17.6. The maximum atomic E-state index is 5.46. The fourth-order valence-corrected chi connectivity index (χ4v) is 2.46. The fraction of sp³-hybridized carbons (Fsp3) is 0.438. The Bertz CT molecular complexity index is 600. The second kappa shape index (κ2) is 7.29. The van der Waals surface area contributed by atoms with E-state index >= 15 is 0 Å². The first kappa shape index (κ1) is 14.9. The van der Waals surface area contributed by atoms with Crippen molar-refractivity contribution >= 4 is 5.82 Å². The standard InChI is InChI=1S/C16H20N4O2/c1-21-11-16-19-14(12-5-7-22-10-12)8-15(20-16)18-9-13-4-2-3-6-17-13/h2-4,6,8,12H,5,7,9-11H2,1H3,(H,18,19,20)/t12-/m1/s1. The van der Waals surface area contributed by atoms with Gasteiger partial charge in [-0.3, -0.25) is 4.98 Å². The van der Waals surface area contributed by atoms with Crippen LogP contribution in [0.2, 0.25) is 0 Å². The zero-order valence-corrected chi connectivity index (χ0v) is 12.7. The molecule has 1 atom stereocenters. The lowest BCUT2D eigenvalue weighted by Crippen LogP contribution is -2.10. The fourth-order valence-electron chi connectivity index (χ4n) is 2.46. The molecule has 1 aliphatic rings. The molecule has 116 valence electrons. The van der Waals surface area contributed by atoms with Crippen LogP contribution in [0.1, 0.15) is 29.6 Å². The van der Waals surface area contributed by atoms with Crippen molar-refractivity contribution in [3.05, 3.63) is 47.7 Å². The topological polar surface area (TPSA) is 69.2 Å². The van der Waals surface area contributed by atoms with Crippen molar-refractivity contribution in [2.75, 3.05) is 25.6 Å². The van der Waals surface area contributed by atoms with Gasteiger partial charge >= 0.3 is 0 Å². The average molecular weight is 300 g/mol. The summed E-state index contributed by atoms with van der Waals surface area (Å²) in [6.45, 7) is 2.55. The van der Waals surface area contributed by atoms with Crippen molar-refractivity contribution in [3.63, 3.8) is 0 Å². The molecule has 2 aromatic heterocycles. The van der Waals surface area contributed by atoms with Gasteiger partial charge in [-0.1, -0.05) is 6.07 Å². The van der Waals surface area contributed by atoms with Gasteiger partial charge in [-0.15, -0.1) is 0 Å². The van der Waals surface area contributed by atoms with Gasteiger partial charge in [0.1, 0.15) is 12.4 Å². The molecule has 1 N–H and O–H groups in total. The quantitative estimate of drug-likeness (QED) is 0.881. The summed E-state index contributed by atoms with van der Waals surface area (Å²) in [4.78, 5) is 13.4. The van der Waals surface area contributed by atoms with E-state index in [1.54, 1.807) is 13.3 Å². The summed E-state index contributed by atoms with van der Waals surface area (Å²) < 4.78 is 10.6. The summed E-state index contributed by atoms with van der Waals surface area (Å²) in [6.07, 6.45) is 2.79. The molecule has 6 nitrogen and oxygen atoms in total.